The number of hydrogen-bond acceptors (Lipinski definition) is 7. The average molecular weight is 456 g/mol. The third-order valence-electron chi connectivity index (χ3n) is 5.13. The molecule has 3 heterocycles. The predicted octanol–water partition coefficient (Wildman–Crippen LogP) is -0.0497. The second-order valence-corrected chi connectivity index (χ2v) is 10.9. The molecular formula is C17H21N5O6S2. The second-order valence-electron chi connectivity index (χ2n) is 7.07. The molecule has 1 aliphatic rings. The summed E-state index contributed by atoms with van der Waals surface area (Å²) in [5, 5.41) is 3.90. The van der Waals surface area contributed by atoms with Crippen LogP contribution in [0.15, 0.2) is 49.6 Å². The number of sulfonamides is 2. The Balaban J connectivity index is 1.59. The van der Waals surface area contributed by atoms with Crippen LogP contribution in [0, 0.1) is 0 Å². The van der Waals surface area contributed by atoms with Crippen molar-refractivity contribution >= 4 is 31.1 Å². The molecule has 1 aliphatic heterocycles. The summed E-state index contributed by atoms with van der Waals surface area (Å²) in [6, 6.07) is 4.22. The van der Waals surface area contributed by atoms with Crippen LogP contribution in [0.25, 0.3) is 11.1 Å². The SMILES string of the molecule is Cn1cc(S(=O)(=O)N2CCCN(S(=O)(=O)c3ccc4oc(=O)n(C)c4c3)CC2)cn1. The van der Waals surface area contributed by atoms with Crippen molar-refractivity contribution in [3.8, 4) is 0 Å². The van der Waals surface area contributed by atoms with Gasteiger partial charge in [0.05, 0.1) is 16.6 Å². The van der Waals surface area contributed by atoms with Crippen molar-refractivity contribution in [2.24, 2.45) is 14.1 Å². The van der Waals surface area contributed by atoms with Crippen molar-refractivity contribution in [1.82, 2.24) is 23.0 Å². The van der Waals surface area contributed by atoms with Crippen molar-refractivity contribution in [3.05, 3.63) is 41.1 Å². The normalized spacial score (nSPS) is 17.4. The van der Waals surface area contributed by atoms with Gasteiger partial charge in [0.1, 0.15) is 4.90 Å². The highest BCUT2D eigenvalue weighted by Gasteiger charge is 2.32. The quantitative estimate of drug-likeness (QED) is 0.540. The summed E-state index contributed by atoms with van der Waals surface area (Å²) in [4.78, 5) is 11.8. The zero-order valence-electron chi connectivity index (χ0n) is 16.4. The van der Waals surface area contributed by atoms with Crippen LogP contribution in [-0.4, -0.2) is 66.0 Å². The first kappa shape index (κ1) is 20.8. The van der Waals surface area contributed by atoms with Gasteiger partial charge in [-0.05, 0) is 24.6 Å². The predicted molar refractivity (Wildman–Crippen MR) is 107 cm³/mol. The molecule has 30 heavy (non-hydrogen) atoms. The lowest BCUT2D eigenvalue weighted by molar-refractivity contribution is 0.404. The molecule has 2 aromatic heterocycles. The Morgan fingerprint density at radius 2 is 1.57 bits per heavy atom. The molecule has 11 nitrogen and oxygen atoms in total. The van der Waals surface area contributed by atoms with E-state index in [2.05, 4.69) is 5.10 Å². The van der Waals surface area contributed by atoms with E-state index in [0.717, 1.165) is 0 Å². The molecule has 3 aromatic rings. The highest BCUT2D eigenvalue weighted by Crippen LogP contribution is 2.24. The smallest absolute Gasteiger partial charge is 0.408 e. The van der Waals surface area contributed by atoms with Crippen LogP contribution in [0.3, 0.4) is 0 Å². The Labute approximate surface area is 173 Å². The third kappa shape index (κ3) is 3.47. The Bertz CT molecular complexity index is 1370. The van der Waals surface area contributed by atoms with Crippen molar-refractivity contribution in [2.75, 3.05) is 26.2 Å². The topological polar surface area (TPSA) is 128 Å². The molecule has 0 amide bonds. The molecule has 0 aliphatic carbocycles. The molecule has 1 fully saturated rings. The van der Waals surface area contributed by atoms with Crippen LogP contribution in [0.4, 0.5) is 0 Å². The van der Waals surface area contributed by atoms with E-state index in [1.54, 1.807) is 7.05 Å². The fourth-order valence-electron chi connectivity index (χ4n) is 3.45. The molecule has 0 unspecified atom stereocenters. The summed E-state index contributed by atoms with van der Waals surface area (Å²) in [5.74, 6) is -0.578. The molecule has 0 atom stereocenters. The number of rotatable bonds is 4. The second kappa shape index (κ2) is 7.34. The van der Waals surface area contributed by atoms with Gasteiger partial charge < -0.3 is 4.42 Å². The van der Waals surface area contributed by atoms with Crippen LogP contribution in [0.1, 0.15) is 6.42 Å². The van der Waals surface area contributed by atoms with E-state index in [1.165, 1.54) is 55.5 Å². The summed E-state index contributed by atoms with van der Waals surface area (Å²) in [5.41, 5.74) is 0.669. The van der Waals surface area contributed by atoms with E-state index in [-0.39, 0.29) is 36.0 Å². The van der Waals surface area contributed by atoms with Crippen molar-refractivity contribution in [1.29, 1.82) is 0 Å². The molecule has 0 N–H and O–H groups in total. The van der Waals surface area contributed by atoms with Crippen LogP contribution in [-0.2, 0) is 34.1 Å². The van der Waals surface area contributed by atoms with Gasteiger partial charge in [-0.25, -0.2) is 21.6 Å². The largest absolute Gasteiger partial charge is 0.419 e. The monoisotopic (exact) mass is 455 g/mol. The standard InChI is InChI=1S/C17H21N5O6S2/c1-19-12-14(11-18-19)30(26,27)22-7-3-6-21(8-9-22)29(24,25)13-4-5-16-15(10-13)20(2)17(23)28-16/h4-5,10-12H,3,6-9H2,1-2H3. The number of hydrogen-bond donors (Lipinski definition) is 0. The highest BCUT2D eigenvalue weighted by atomic mass is 32.2. The van der Waals surface area contributed by atoms with Gasteiger partial charge in [0.15, 0.2) is 5.58 Å². The number of nitrogens with zero attached hydrogens (tertiary/aromatic N) is 5. The minimum Gasteiger partial charge on any atom is -0.408 e. The highest BCUT2D eigenvalue weighted by molar-refractivity contribution is 7.89. The summed E-state index contributed by atoms with van der Waals surface area (Å²) in [7, 11) is -4.50. The first-order valence-corrected chi connectivity index (χ1v) is 12.1. The number of aryl methyl sites for hydroxylation is 2. The van der Waals surface area contributed by atoms with E-state index in [9.17, 15) is 21.6 Å². The van der Waals surface area contributed by atoms with Gasteiger partial charge in [-0.3, -0.25) is 9.25 Å². The van der Waals surface area contributed by atoms with Gasteiger partial charge >= 0.3 is 5.76 Å². The molecule has 0 radical (unpaired) electrons. The van der Waals surface area contributed by atoms with Crippen molar-refractivity contribution < 1.29 is 21.3 Å². The molecule has 1 aromatic carbocycles. The summed E-state index contributed by atoms with van der Waals surface area (Å²) in [6.07, 6.45) is 3.05. The number of fused-ring (bicyclic) bond motifs is 1. The lowest BCUT2D eigenvalue weighted by atomic mass is 10.3. The Kier molecular flexibility index (Phi) is 5.08. The van der Waals surface area contributed by atoms with E-state index < -0.39 is 25.8 Å². The van der Waals surface area contributed by atoms with Gasteiger partial charge in [0.2, 0.25) is 20.0 Å². The first-order chi connectivity index (χ1) is 14.1. The fourth-order valence-corrected chi connectivity index (χ4v) is 6.39. The molecule has 13 heteroatoms. The van der Waals surface area contributed by atoms with Gasteiger partial charge in [-0.2, -0.15) is 13.7 Å². The number of aromatic nitrogens is 3. The zero-order valence-corrected chi connectivity index (χ0v) is 18.1. The fraction of sp³-hybridized carbons (Fsp3) is 0.412. The maximum atomic E-state index is 13.2. The van der Waals surface area contributed by atoms with Crippen LogP contribution >= 0.6 is 0 Å². The Morgan fingerprint density at radius 1 is 0.933 bits per heavy atom. The van der Waals surface area contributed by atoms with Crippen LogP contribution in [0.2, 0.25) is 0 Å². The first-order valence-electron chi connectivity index (χ1n) is 9.19. The molecule has 162 valence electrons. The van der Waals surface area contributed by atoms with E-state index in [4.69, 9.17) is 4.42 Å². The third-order valence-corrected chi connectivity index (χ3v) is 8.88. The molecule has 4 rings (SSSR count). The molecule has 0 spiro atoms. The summed E-state index contributed by atoms with van der Waals surface area (Å²) >= 11 is 0. The number of oxazole rings is 1. The number of benzene rings is 1. The van der Waals surface area contributed by atoms with E-state index in [0.29, 0.717) is 17.5 Å². The zero-order chi connectivity index (χ0) is 21.7. The van der Waals surface area contributed by atoms with Gasteiger partial charge in [0, 0.05) is 46.5 Å². The van der Waals surface area contributed by atoms with Crippen molar-refractivity contribution in [3.63, 3.8) is 0 Å². The van der Waals surface area contributed by atoms with Crippen LogP contribution < -0.4 is 5.76 Å². The maximum absolute atomic E-state index is 13.2. The van der Waals surface area contributed by atoms with Crippen LogP contribution in [0.5, 0.6) is 0 Å². The molecule has 0 bridgehead atoms. The molecule has 1 saturated heterocycles. The molecular weight excluding hydrogens is 434 g/mol. The minimum atomic E-state index is -3.88. The van der Waals surface area contributed by atoms with Gasteiger partial charge in [-0.15, -0.1) is 0 Å². The van der Waals surface area contributed by atoms with Crippen molar-refractivity contribution in [2.45, 2.75) is 16.2 Å². The lowest BCUT2D eigenvalue weighted by Crippen LogP contribution is -2.37. The van der Waals surface area contributed by atoms with E-state index >= 15 is 0 Å². The Hall–Kier alpha value is -2.48. The summed E-state index contributed by atoms with van der Waals surface area (Å²) in [6.45, 7) is 0.440. The lowest BCUT2D eigenvalue weighted by Gasteiger charge is -2.21. The maximum Gasteiger partial charge on any atom is 0.419 e. The van der Waals surface area contributed by atoms with Gasteiger partial charge in [-0.1, -0.05) is 0 Å². The average Bonchev–Trinajstić information content (AvgIpc) is 3.14. The summed E-state index contributed by atoms with van der Waals surface area (Å²) < 4.78 is 62.2. The Morgan fingerprint density at radius 3 is 2.17 bits per heavy atom. The van der Waals surface area contributed by atoms with E-state index in [1.807, 2.05) is 0 Å². The molecule has 0 saturated carbocycles. The van der Waals surface area contributed by atoms with Gasteiger partial charge in [0.25, 0.3) is 0 Å². The minimum absolute atomic E-state index is 0.0180.